The molecule has 27 heavy (non-hydrogen) atoms. The fraction of sp³-hybridized carbons (Fsp3) is 0.895. The molecule has 4 aliphatic rings. The van der Waals surface area contributed by atoms with Gasteiger partial charge in [-0.05, 0) is 31.6 Å². The molecule has 2 saturated carbocycles. The quantitative estimate of drug-likeness (QED) is 0.707. The lowest BCUT2D eigenvalue weighted by Crippen LogP contribution is -2.58. The molecule has 0 unspecified atom stereocenters. The monoisotopic (exact) mass is 398 g/mol. The minimum Gasteiger partial charge on any atom is -0.378 e. The minimum absolute atomic E-state index is 0.0993. The molecular weight excluding hydrogens is 368 g/mol. The van der Waals surface area contributed by atoms with E-state index in [-0.39, 0.29) is 35.3 Å². The number of sulfone groups is 1. The van der Waals surface area contributed by atoms with E-state index in [2.05, 4.69) is 5.32 Å². The number of rotatable bonds is 6. The van der Waals surface area contributed by atoms with E-state index in [9.17, 15) is 18.0 Å². The SMILES string of the molecule is CCOC1CC(C(=O)N[C@@H]2CS(=O)(=O)C[C@H]2C(=O)N2CC(C3CCC3)C2)C1. The van der Waals surface area contributed by atoms with Gasteiger partial charge in [-0.3, -0.25) is 9.59 Å². The van der Waals surface area contributed by atoms with Crippen LogP contribution < -0.4 is 5.32 Å². The predicted octanol–water partition coefficient (Wildman–Crippen LogP) is 0.589. The van der Waals surface area contributed by atoms with Crippen molar-refractivity contribution >= 4 is 21.7 Å². The first-order valence-corrected chi connectivity index (χ1v) is 12.1. The molecule has 0 aromatic carbocycles. The summed E-state index contributed by atoms with van der Waals surface area (Å²) in [6.07, 6.45) is 5.27. The highest BCUT2D eigenvalue weighted by atomic mass is 32.2. The Morgan fingerprint density at radius 1 is 1.11 bits per heavy atom. The second-order valence-electron chi connectivity index (χ2n) is 8.74. The molecule has 0 bridgehead atoms. The molecule has 2 atom stereocenters. The molecule has 2 heterocycles. The molecule has 0 aromatic rings. The van der Waals surface area contributed by atoms with Gasteiger partial charge in [0.1, 0.15) is 0 Å². The van der Waals surface area contributed by atoms with Crippen LogP contribution >= 0.6 is 0 Å². The number of amides is 2. The molecule has 4 fully saturated rings. The van der Waals surface area contributed by atoms with Crippen LogP contribution in [-0.4, -0.2) is 68.5 Å². The molecule has 0 radical (unpaired) electrons. The zero-order valence-corrected chi connectivity index (χ0v) is 16.7. The van der Waals surface area contributed by atoms with Gasteiger partial charge in [-0.1, -0.05) is 19.3 Å². The summed E-state index contributed by atoms with van der Waals surface area (Å²) >= 11 is 0. The summed E-state index contributed by atoms with van der Waals surface area (Å²) in [6, 6.07) is -0.594. The van der Waals surface area contributed by atoms with Gasteiger partial charge in [0, 0.05) is 25.6 Å². The van der Waals surface area contributed by atoms with E-state index in [1.807, 2.05) is 6.92 Å². The van der Waals surface area contributed by atoms with E-state index in [4.69, 9.17) is 4.74 Å². The average Bonchev–Trinajstić information content (AvgIpc) is 2.77. The topological polar surface area (TPSA) is 92.8 Å². The highest BCUT2D eigenvalue weighted by Gasteiger charge is 2.48. The highest BCUT2D eigenvalue weighted by Crippen LogP contribution is 2.39. The molecule has 1 N–H and O–H groups in total. The van der Waals surface area contributed by atoms with Crippen molar-refractivity contribution in [2.45, 2.75) is 51.2 Å². The van der Waals surface area contributed by atoms with E-state index in [0.717, 1.165) is 19.0 Å². The molecule has 2 aliphatic carbocycles. The van der Waals surface area contributed by atoms with Crippen molar-refractivity contribution in [3.05, 3.63) is 0 Å². The number of ether oxygens (including phenoxy) is 1. The Kier molecular flexibility index (Phi) is 5.22. The number of nitrogens with zero attached hydrogens (tertiary/aromatic N) is 1. The van der Waals surface area contributed by atoms with Crippen LogP contribution in [0.25, 0.3) is 0 Å². The largest absolute Gasteiger partial charge is 0.378 e. The molecule has 2 amide bonds. The first-order chi connectivity index (χ1) is 12.9. The van der Waals surface area contributed by atoms with Crippen molar-refractivity contribution in [1.29, 1.82) is 0 Å². The maximum atomic E-state index is 12.9. The Morgan fingerprint density at radius 2 is 1.81 bits per heavy atom. The van der Waals surface area contributed by atoms with Crippen molar-refractivity contribution in [2.75, 3.05) is 31.2 Å². The molecule has 7 nitrogen and oxygen atoms in total. The van der Waals surface area contributed by atoms with Crippen LogP contribution in [-0.2, 0) is 24.2 Å². The van der Waals surface area contributed by atoms with Gasteiger partial charge in [0.2, 0.25) is 11.8 Å². The van der Waals surface area contributed by atoms with Crippen molar-refractivity contribution in [2.24, 2.45) is 23.7 Å². The second-order valence-corrected chi connectivity index (χ2v) is 10.9. The zero-order valence-electron chi connectivity index (χ0n) is 15.9. The predicted molar refractivity (Wildman–Crippen MR) is 99.6 cm³/mol. The molecule has 152 valence electrons. The first kappa shape index (κ1) is 19.2. The smallest absolute Gasteiger partial charge is 0.228 e. The third kappa shape index (κ3) is 3.88. The molecule has 0 spiro atoms. The molecular formula is C19H30N2O5S. The third-order valence-corrected chi connectivity index (χ3v) is 8.64. The average molecular weight is 399 g/mol. The van der Waals surface area contributed by atoms with Crippen LogP contribution in [0, 0.1) is 23.7 Å². The standard InChI is InChI=1S/C19H30N2O5S/c1-2-26-15-6-13(7-15)18(22)20-17-11-27(24,25)10-16(17)19(23)21-8-14(9-21)12-4-3-5-12/h12-17H,2-11H2,1H3,(H,20,22)/t13?,15?,16-,17-/m1/s1. The number of hydrogen-bond acceptors (Lipinski definition) is 5. The van der Waals surface area contributed by atoms with Gasteiger partial charge in [-0.15, -0.1) is 0 Å². The Hall–Kier alpha value is -1.15. The molecule has 4 rings (SSSR count). The van der Waals surface area contributed by atoms with Gasteiger partial charge in [0.05, 0.1) is 29.6 Å². The van der Waals surface area contributed by atoms with E-state index < -0.39 is 21.8 Å². The van der Waals surface area contributed by atoms with Crippen molar-refractivity contribution in [1.82, 2.24) is 10.2 Å². The van der Waals surface area contributed by atoms with Crippen LogP contribution in [0.5, 0.6) is 0 Å². The summed E-state index contributed by atoms with van der Waals surface area (Å²) < 4.78 is 29.8. The number of hydrogen-bond donors (Lipinski definition) is 1. The van der Waals surface area contributed by atoms with Crippen molar-refractivity contribution < 1.29 is 22.7 Å². The van der Waals surface area contributed by atoms with Gasteiger partial charge < -0.3 is 15.0 Å². The van der Waals surface area contributed by atoms with Gasteiger partial charge in [0.15, 0.2) is 9.84 Å². The summed E-state index contributed by atoms with van der Waals surface area (Å²) in [4.78, 5) is 27.1. The summed E-state index contributed by atoms with van der Waals surface area (Å²) in [5.74, 6) is 0.0498. The Bertz CT molecular complexity index is 693. The molecule has 0 aromatic heterocycles. The second kappa shape index (κ2) is 7.35. The fourth-order valence-corrected chi connectivity index (χ4v) is 6.74. The van der Waals surface area contributed by atoms with E-state index >= 15 is 0 Å². The van der Waals surface area contributed by atoms with Crippen LogP contribution in [0.4, 0.5) is 0 Å². The van der Waals surface area contributed by atoms with Crippen molar-refractivity contribution in [3.8, 4) is 0 Å². The van der Waals surface area contributed by atoms with Gasteiger partial charge in [-0.2, -0.15) is 0 Å². The van der Waals surface area contributed by atoms with Crippen LogP contribution in [0.15, 0.2) is 0 Å². The zero-order chi connectivity index (χ0) is 19.2. The molecule has 8 heteroatoms. The Balaban J connectivity index is 1.32. The molecule has 2 aliphatic heterocycles. The van der Waals surface area contributed by atoms with Gasteiger partial charge in [-0.25, -0.2) is 8.42 Å². The van der Waals surface area contributed by atoms with E-state index in [1.165, 1.54) is 19.3 Å². The van der Waals surface area contributed by atoms with Gasteiger partial charge >= 0.3 is 0 Å². The maximum Gasteiger partial charge on any atom is 0.228 e. The van der Waals surface area contributed by atoms with Crippen molar-refractivity contribution in [3.63, 3.8) is 0 Å². The van der Waals surface area contributed by atoms with E-state index in [1.54, 1.807) is 4.90 Å². The lowest BCUT2D eigenvalue weighted by Gasteiger charge is -2.47. The van der Waals surface area contributed by atoms with E-state index in [0.29, 0.717) is 25.4 Å². The number of nitrogens with one attached hydrogen (secondary N) is 1. The summed E-state index contributed by atoms with van der Waals surface area (Å²) in [5, 5.41) is 2.87. The number of carbonyl (C=O) groups excluding carboxylic acids is 2. The van der Waals surface area contributed by atoms with Gasteiger partial charge in [0.25, 0.3) is 0 Å². The lowest BCUT2D eigenvalue weighted by molar-refractivity contribution is -0.145. The normalized spacial score (nSPS) is 35.8. The summed E-state index contributed by atoms with van der Waals surface area (Å²) in [6.45, 7) is 4.06. The summed E-state index contributed by atoms with van der Waals surface area (Å²) in [7, 11) is -3.30. The number of carbonyl (C=O) groups is 2. The van der Waals surface area contributed by atoms with Crippen LogP contribution in [0.2, 0.25) is 0 Å². The maximum absolute atomic E-state index is 12.9. The lowest BCUT2D eigenvalue weighted by atomic mass is 9.72. The minimum atomic E-state index is -3.30. The first-order valence-electron chi connectivity index (χ1n) is 10.3. The number of likely N-dealkylation sites (tertiary alicyclic amines) is 1. The highest BCUT2D eigenvalue weighted by molar-refractivity contribution is 7.91. The Labute approximate surface area is 161 Å². The third-order valence-electron chi connectivity index (χ3n) is 6.90. The fourth-order valence-electron chi connectivity index (χ4n) is 4.82. The van der Waals surface area contributed by atoms with Crippen LogP contribution in [0.3, 0.4) is 0 Å². The molecule has 2 saturated heterocycles. The van der Waals surface area contributed by atoms with Crippen LogP contribution in [0.1, 0.15) is 39.0 Å². The summed E-state index contributed by atoms with van der Waals surface area (Å²) in [5.41, 5.74) is 0. The Morgan fingerprint density at radius 3 is 2.41 bits per heavy atom.